The lowest BCUT2D eigenvalue weighted by atomic mass is 9.99. The quantitative estimate of drug-likeness (QED) is 0.846. The molecule has 1 amide bonds. The second kappa shape index (κ2) is 4.91. The van der Waals surface area contributed by atoms with Crippen LogP contribution in [0.15, 0.2) is 18.2 Å². The smallest absolute Gasteiger partial charge is 0.223 e. The van der Waals surface area contributed by atoms with Crippen LogP contribution in [0.5, 0.6) is 0 Å². The summed E-state index contributed by atoms with van der Waals surface area (Å²) in [6.45, 7) is 6.35. The first kappa shape index (κ1) is 12.2. The lowest BCUT2D eigenvalue weighted by molar-refractivity contribution is -0.123. The first-order valence-electron chi connectivity index (χ1n) is 6.49. The van der Waals surface area contributed by atoms with Crippen LogP contribution >= 0.6 is 0 Å². The molecule has 0 heterocycles. The summed E-state index contributed by atoms with van der Waals surface area (Å²) in [4.78, 5) is 11.8. The highest BCUT2D eigenvalue weighted by Crippen LogP contribution is 2.30. The monoisotopic (exact) mass is 231 g/mol. The third kappa shape index (κ3) is 2.87. The average molecular weight is 231 g/mol. The molecule has 1 aromatic carbocycles. The van der Waals surface area contributed by atoms with Gasteiger partial charge in [0, 0.05) is 5.92 Å². The Balaban J connectivity index is 2.10. The molecular formula is C15H21NO. The maximum Gasteiger partial charge on any atom is 0.223 e. The molecular weight excluding hydrogens is 210 g/mol. The molecule has 1 saturated carbocycles. The fourth-order valence-electron chi connectivity index (χ4n) is 2.04. The molecule has 1 atom stereocenters. The van der Waals surface area contributed by atoms with Gasteiger partial charge in [-0.05, 0) is 49.8 Å². The van der Waals surface area contributed by atoms with E-state index >= 15 is 0 Å². The van der Waals surface area contributed by atoms with Gasteiger partial charge in [0.15, 0.2) is 0 Å². The fraction of sp³-hybridized carbons (Fsp3) is 0.533. The van der Waals surface area contributed by atoms with Gasteiger partial charge in [-0.1, -0.05) is 25.1 Å². The standard InChI is InChI=1S/C15H21NO/c1-4-14(16-15(17)12-7-8-12)13-6-5-10(2)11(3)9-13/h5-6,9,12,14H,4,7-8H2,1-3H3,(H,16,17)/t14-/m1/s1. The highest BCUT2D eigenvalue weighted by atomic mass is 16.2. The summed E-state index contributed by atoms with van der Waals surface area (Å²) < 4.78 is 0. The van der Waals surface area contributed by atoms with E-state index in [1.165, 1.54) is 16.7 Å². The topological polar surface area (TPSA) is 29.1 Å². The van der Waals surface area contributed by atoms with Crippen LogP contribution in [0.25, 0.3) is 0 Å². The predicted octanol–water partition coefficient (Wildman–Crippen LogP) is 3.28. The predicted molar refractivity (Wildman–Crippen MR) is 69.8 cm³/mol. The van der Waals surface area contributed by atoms with Crippen LogP contribution in [0.2, 0.25) is 0 Å². The van der Waals surface area contributed by atoms with Crippen LogP contribution in [-0.2, 0) is 4.79 Å². The zero-order chi connectivity index (χ0) is 12.4. The molecule has 17 heavy (non-hydrogen) atoms. The molecule has 0 unspecified atom stereocenters. The van der Waals surface area contributed by atoms with E-state index in [-0.39, 0.29) is 17.9 Å². The molecule has 2 rings (SSSR count). The molecule has 92 valence electrons. The number of carbonyl (C=O) groups excluding carboxylic acids is 1. The molecule has 1 aliphatic rings. The van der Waals surface area contributed by atoms with E-state index in [0.717, 1.165) is 19.3 Å². The molecule has 1 fully saturated rings. The lowest BCUT2D eigenvalue weighted by Gasteiger charge is -2.18. The van der Waals surface area contributed by atoms with Crippen LogP contribution in [0.1, 0.15) is 48.9 Å². The first-order chi connectivity index (χ1) is 8.11. The molecule has 1 aliphatic carbocycles. The van der Waals surface area contributed by atoms with Crippen molar-refractivity contribution in [1.82, 2.24) is 5.32 Å². The van der Waals surface area contributed by atoms with E-state index < -0.39 is 0 Å². The number of hydrogen-bond donors (Lipinski definition) is 1. The minimum atomic E-state index is 0.169. The largest absolute Gasteiger partial charge is 0.349 e. The molecule has 0 bridgehead atoms. The Morgan fingerprint density at radius 1 is 1.35 bits per heavy atom. The number of aryl methyl sites for hydroxylation is 2. The molecule has 0 spiro atoms. The second-order valence-corrected chi connectivity index (χ2v) is 5.09. The summed E-state index contributed by atoms with van der Waals surface area (Å²) in [5.41, 5.74) is 3.82. The second-order valence-electron chi connectivity index (χ2n) is 5.09. The van der Waals surface area contributed by atoms with Crippen molar-refractivity contribution in [2.45, 2.75) is 46.1 Å². The Labute approximate surface area is 103 Å². The Kier molecular flexibility index (Phi) is 3.51. The maximum atomic E-state index is 11.8. The van der Waals surface area contributed by atoms with Crippen LogP contribution < -0.4 is 5.32 Å². The van der Waals surface area contributed by atoms with Crippen molar-refractivity contribution in [3.8, 4) is 0 Å². The van der Waals surface area contributed by atoms with E-state index in [1.54, 1.807) is 0 Å². The highest BCUT2D eigenvalue weighted by molar-refractivity contribution is 5.81. The van der Waals surface area contributed by atoms with Crippen LogP contribution in [0.4, 0.5) is 0 Å². The highest BCUT2D eigenvalue weighted by Gasteiger charge is 2.30. The van der Waals surface area contributed by atoms with Crippen molar-refractivity contribution in [2.75, 3.05) is 0 Å². The van der Waals surface area contributed by atoms with Gasteiger partial charge >= 0.3 is 0 Å². The van der Waals surface area contributed by atoms with E-state index in [1.807, 2.05) is 0 Å². The van der Waals surface area contributed by atoms with Crippen LogP contribution in [-0.4, -0.2) is 5.91 Å². The van der Waals surface area contributed by atoms with Crippen molar-refractivity contribution in [3.05, 3.63) is 34.9 Å². The van der Waals surface area contributed by atoms with Gasteiger partial charge in [-0.3, -0.25) is 4.79 Å². The van der Waals surface area contributed by atoms with Crippen molar-refractivity contribution in [1.29, 1.82) is 0 Å². The Morgan fingerprint density at radius 2 is 2.06 bits per heavy atom. The zero-order valence-electron chi connectivity index (χ0n) is 10.9. The van der Waals surface area contributed by atoms with Gasteiger partial charge in [-0.2, -0.15) is 0 Å². The van der Waals surface area contributed by atoms with Gasteiger partial charge in [-0.25, -0.2) is 0 Å². The van der Waals surface area contributed by atoms with E-state index in [4.69, 9.17) is 0 Å². The number of rotatable bonds is 4. The Hall–Kier alpha value is -1.31. The third-order valence-electron chi connectivity index (χ3n) is 3.61. The Morgan fingerprint density at radius 3 is 2.59 bits per heavy atom. The van der Waals surface area contributed by atoms with Gasteiger partial charge in [0.25, 0.3) is 0 Å². The third-order valence-corrected chi connectivity index (χ3v) is 3.61. The lowest BCUT2D eigenvalue weighted by Crippen LogP contribution is -2.29. The van der Waals surface area contributed by atoms with Crippen molar-refractivity contribution >= 4 is 5.91 Å². The summed E-state index contributed by atoms with van der Waals surface area (Å²) in [7, 11) is 0. The number of nitrogens with one attached hydrogen (secondary N) is 1. The summed E-state index contributed by atoms with van der Waals surface area (Å²) in [5, 5.41) is 3.15. The van der Waals surface area contributed by atoms with Crippen LogP contribution in [0.3, 0.4) is 0 Å². The van der Waals surface area contributed by atoms with Gasteiger partial charge in [0.1, 0.15) is 0 Å². The number of benzene rings is 1. The van der Waals surface area contributed by atoms with Gasteiger partial charge in [-0.15, -0.1) is 0 Å². The fourth-order valence-corrected chi connectivity index (χ4v) is 2.04. The Bertz CT molecular complexity index is 421. The minimum Gasteiger partial charge on any atom is -0.349 e. The summed E-state index contributed by atoms with van der Waals surface area (Å²) >= 11 is 0. The normalized spacial score (nSPS) is 16.6. The molecule has 2 nitrogen and oxygen atoms in total. The average Bonchev–Trinajstić information content (AvgIpc) is 3.13. The molecule has 1 aromatic rings. The molecule has 0 aliphatic heterocycles. The van der Waals surface area contributed by atoms with Crippen molar-refractivity contribution in [3.63, 3.8) is 0 Å². The maximum absolute atomic E-state index is 11.8. The van der Waals surface area contributed by atoms with E-state index in [2.05, 4.69) is 44.3 Å². The van der Waals surface area contributed by atoms with Crippen molar-refractivity contribution < 1.29 is 4.79 Å². The summed E-state index contributed by atoms with van der Waals surface area (Å²) in [6.07, 6.45) is 3.07. The summed E-state index contributed by atoms with van der Waals surface area (Å²) in [6, 6.07) is 6.62. The van der Waals surface area contributed by atoms with Gasteiger partial charge in [0.05, 0.1) is 6.04 Å². The minimum absolute atomic E-state index is 0.169. The number of amides is 1. The SMILES string of the molecule is CC[C@@H](NC(=O)C1CC1)c1ccc(C)c(C)c1. The molecule has 1 N–H and O–H groups in total. The van der Waals surface area contributed by atoms with Gasteiger partial charge in [0.2, 0.25) is 5.91 Å². The first-order valence-corrected chi connectivity index (χ1v) is 6.49. The molecule has 0 radical (unpaired) electrons. The molecule has 2 heteroatoms. The summed E-state index contributed by atoms with van der Waals surface area (Å²) in [5.74, 6) is 0.519. The zero-order valence-corrected chi connectivity index (χ0v) is 10.9. The van der Waals surface area contributed by atoms with Crippen molar-refractivity contribution in [2.24, 2.45) is 5.92 Å². The molecule has 0 saturated heterocycles. The van der Waals surface area contributed by atoms with Gasteiger partial charge < -0.3 is 5.32 Å². The molecule has 0 aromatic heterocycles. The van der Waals surface area contributed by atoms with E-state index in [0.29, 0.717) is 0 Å². The number of carbonyl (C=O) groups is 1. The van der Waals surface area contributed by atoms with E-state index in [9.17, 15) is 4.79 Å². The number of hydrogen-bond acceptors (Lipinski definition) is 1. The van der Waals surface area contributed by atoms with Crippen LogP contribution in [0, 0.1) is 19.8 Å².